The van der Waals surface area contributed by atoms with Gasteiger partial charge in [0.2, 0.25) is 0 Å². The highest BCUT2D eigenvalue weighted by atomic mass is 32.1. The molecule has 2 rings (SSSR count). The molecule has 0 aliphatic rings. The normalized spacial score (nSPS) is 14.8. The van der Waals surface area contributed by atoms with Crippen LogP contribution in [0.2, 0.25) is 0 Å². The Labute approximate surface area is 106 Å². The number of aromatic nitrogens is 3. The summed E-state index contributed by atoms with van der Waals surface area (Å²) in [7, 11) is 1.97. The minimum absolute atomic E-state index is 0.292. The number of aryl methyl sites for hydroxylation is 1. The van der Waals surface area contributed by atoms with Crippen LogP contribution in [-0.4, -0.2) is 14.8 Å². The van der Waals surface area contributed by atoms with Crippen molar-refractivity contribution in [3.63, 3.8) is 0 Å². The van der Waals surface area contributed by atoms with Crippen molar-refractivity contribution in [1.29, 1.82) is 0 Å². The zero-order valence-electron chi connectivity index (χ0n) is 10.6. The van der Waals surface area contributed by atoms with Crippen LogP contribution >= 0.6 is 11.3 Å². The van der Waals surface area contributed by atoms with Gasteiger partial charge < -0.3 is 5.32 Å². The Morgan fingerprint density at radius 1 is 1.29 bits per heavy atom. The molecule has 2 atom stereocenters. The van der Waals surface area contributed by atoms with Crippen LogP contribution in [0, 0.1) is 6.92 Å². The lowest BCUT2D eigenvalue weighted by atomic mass is 10.1. The molecular formula is C12H18N4S. The maximum atomic E-state index is 4.27. The van der Waals surface area contributed by atoms with Gasteiger partial charge in [-0.15, -0.1) is 11.3 Å². The molecule has 2 aromatic rings. The molecule has 0 saturated heterocycles. The van der Waals surface area contributed by atoms with Crippen LogP contribution in [0.3, 0.4) is 0 Å². The summed E-state index contributed by atoms with van der Waals surface area (Å²) in [6.45, 7) is 6.43. The summed E-state index contributed by atoms with van der Waals surface area (Å²) in [5, 5.41) is 7.84. The van der Waals surface area contributed by atoms with E-state index < -0.39 is 0 Å². The van der Waals surface area contributed by atoms with Crippen molar-refractivity contribution in [2.24, 2.45) is 7.05 Å². The Morgan fingerprint density at radius 3 is 2.59 bits per heavy atom. The van der Waals surface area contributed by atoms with E-state index in [1.807, 2.05) is 29.6 Å². The monoisotopic (exact) mass is 250 g/mol. The lowest BCUT2D eigenvalue weighted by Gasteiger charge is -2.18. The first-order valence-corrected chi connectivity index (χ1v) is 6.60. The molecule has 17 heavy (non-hydrogen) atoms. The Balaban J connectivity index is 2.07. The lowest BCUT2D eigenvalue weighted by Crippen LogP contribution is -2.22. The predicted molar refractivity (Wildman–Crippen MR) is 70.0 cm³/mol. The zero-order chi connectivity index (χ0) is 12.4. The van der Waals surface area contributed by atoms with Crippen molar-refractivity contribution in [3.05, 3.63) is 34.0 Å². The zero-order valence-corrected chi connectivity index (χ0v) is 11.5. The summed E-state index contributed by atoms with van der Waals surface area (Å²) in [5.41, 5.74) is 4.33. The van der Waals surface area contributed by atoms with E-state index in [0.717, 1.165) is 0 Å². The van der Waals surface area contributed by atoms with Gasteiger partial charge in [0, 0.05) is 41.5 Å². The molecule has 0 amide bonds. The van der Waals surface area contributed by atoms with Gasteiger partial charge in [0.15, 0.2) is 0 Å². The molecule has 0 aromatic carbocycles. The molecule has 0 saturated carbocycles. The molecule has 2 heterocycles. The second-order valence-corrected chi connectivity index (χ2v) is 5.24. The minimum Gasteiger partial charge on any atom is -0.303 e. The van der Waals surface area contributed by atoms with E-state index in [-0.39, 0.29) is 0 Å². The quantitative estimate of drug-likeness (QED) is 0.907. The van der Waals surface area contributed by atoms with E-state index in [1.165, 1.54) is 16.1 Å². The van der Waals surface area contributed by atoms with E-state index in [9.17, 15) is 0 Å². The summed E-state index contributed by atoms with van der Waals surface area (Å²) < 4.78 is 1.91. The highest BCUT2D eigenvalue weighted by molar-refractivity contribution is 7.09. The molecule has 92 valence electrons. The SMILES string of the molecule is Cc1c(C(C)NC(C)c2cncs2)cnn1C. The number of hydrogen-bond acceptors (Lipinski definition) is 4. The molecule has 0 fully saturated rings. The van der Waals surface area contributed by atoms with Crippen LogP contribution in [0.5, 0.6) is 0 Å². The number of nitrogens with zero attached hydrogens (tertiary/aromatic N) is 3. The smallest absolute Gasteiger partial charge is 0.0794 e. The Bertz CT molecular complexity index is 475. The molecule has 2 aromatic heterocycles. The van der Waals surface area contributed by atoms with Gasteiger partial charge in [0.05, 0.1) is 11.7 Å². The van der Waals surface area contributed by atoms with Crippen molar-refractivity contribution >= 4 is 11.3 Å². The molecule has 0 aliphatic carbocycles. The fourth-order valence-electron chi connectivity index (χ4n) is 1.93. The summed E-state index contributed by atoms with van der Waals surface area (Å²) >= 11 is 1.68. The molecular weight excluding hydrogens is 232 g/mol. The maximum absolute atomic E-state index is 4.27. The topological polar surface area (TPSA) is 42.7 Å². The molecule has 5 heteroatoms. The third-order valence-corrected chi connectivity index (χ3v) is 4.08. The molecule has 0 spiro atoms. The van der Waals surface area contributed by atoms with Gasteiger partial charge in [-0.25, -0.2) is 0 Å². The van der Waals surface area contributed by atoms with E-state index >= 15 is 0 Å². The average Bonchev–Trinajstić information content (AvgIpc) is 2.90. The summed E-state index contributed by atoms with van der Waals surface area (Å²) in [6.07, 6.45) is 3.86. The van der Waals surface area contributed by atoms with Crippen LogP contribution in [0.4, 0.5) is 0 Å². The Morgan fingerprint density at radius 2 is 2.06 bits per heavy atom. The van der Waals surface area contributed by atoms with Crippen molar-refractivity contribution in [3.8, 4) is 0 Å². The largest absolute Gasteiger partial charge is 0.303 e. The van der Waals surface area contributed by atoms with Gasteiger partial charge in [0.1, 0.15) is 0 Å². The summed E-state index contributed by atoms with van der Waals surface area (Å²) in [6, 6.07) is 0.609. The van der Waals surface area contributed by atoms with Gasteiger partial charge in [-0.05, 0) is 20.8 Å². The number of nitrogens with one attached hydrogen (secondary N) is 1. The fourth-order valence-corrected chi connectivity index (χ4v) is 2.56. The second-order valence-electron chi connectivity index (χ2n) is 4.32. The third kappa shape index (κ3) is 2.56. The van der Waals surface area contributed by atoms with Crippen LogP contribution in [-0.2, 0) is 7.05 Å². The highest BCUT2D eigenvalue weighted by Gasteiger charge is 2.15. The Kier molecular flexibility index (Phi) is 3.59. The summed E-state index contributed by atoms with van der Waals surface area (Å²) in [4.78, 5) is 5.37. The van der Waals surface area contributed by atoms with E-state index in [4.69, 9.17) is 0 Å². The number of rotatable bonds is 4. The second kappa shape index (κ2) is 4.98. The average molecular weight is 250 g/mol. The van der Waals surface area contributed by atoms with E-state index in [1.54, 1.807) is 11.3 Å². The Hall–Kier alpha value is -1.20. The minimum atomic E-state index is 0.292. The fraction of sp³-hybridized carbons (Fsp3) is 0.500. The molecule has 0 aliphatic heterocycles. The molecule has 4 nitrogen and oxygen atoms in total. The molecule has 0 bridgehead atoms. The van der Waals surface area contributed by atoms with Gasteiger partial charge >= 0.3 is 0 Å². The predicted octanol–water partition coefficient (Wildman–Crippen LogP) is 2.60. The van der Waals surface area contributed by atoms with Crippen molar-refractivity contribution < 1.29 is 0 Å². The number of thiazole rings is 1. The first-order valence-electron chi connectivity index (χ1n) is 5.72. The number of hydrogen-bond donors (Lipinski definition) is 1. The first kappa shape index (κ1) is 12.3. The first-order chi connectivity index (χ1) is 8.09. The third-order valence-electron chi connectivity index (χ3n) is 3.12. The van der Waals surface area contributed by atoms with Gasteiger partial charge in [-0.3, -0.25) is 9.67 Å². The van der Waals surface area contributed by atoms with Crippen molar-refractivity contribution in [2.75, 3.05) is 0 Å². The van der Waals surface area contributed by atoms with Crippen molar-refractivity contribution in [1.82, 2.24) is 20.1 Å². The summed E-state index contributed by atoms with van der Waals surface area (Å²) in [5.74, 6) is 0. The van der Waals surface area contributed by atoms with Crippen molar-refractivity contribution in [2.45, 2.75) is 32.9 Å². The van der Waals surface area contributed by atoms with Gasteiger partial charge in [-0.1, -0.05) is 0 Å². The van der Waals surface area contributed by atoms with Gasteiger partial charge in [-0.2, -0.15) is 5.10 Å². The molecule has 1 N–H and O–H groups in total. The van der Waals surface area contributed by atoms with Crippen LogP contribution in [0.15, 0.2) is 17.9 Å². The standard InChI is InChI=1S/C12H18N4S/c1-8(11-5-14-16(4)10(11)3)15-9(2)12-6-13-7-17-12/h5-9,15H,1-4H3. The lowest BCUT2D eigenvalue weighted by molar-refractivity contribution is 0.497. The van der Waals surface area contributed by atoms with Crippen LogP contribution in [0.1, 0.15) is 42.1 Å². The molecule has 0 radical (unpaired) electrons. The van der Waals surface area contributed by atoms with Crippen LogP contribution in [0.25, 0.3) is 0 Å². The molecule has 2 unspecified atom stereocenters. The van der Waals surface area contributed by atoms with E-state index in [0.29, 0.717) is 12.1 Å². The maximum Gasteiger partial charge on any atom is 0.0794 e. The van der Waals surface area contributed by atoms with Gasteiger partial charge in [0.25, 0.3) is 0 Å². The highest BCUT2D eigenvalue weighted by Crippen LogP contribution is 2.22. The van der Waals surface area contributed by atoms with E-state index in [2.05, 4.69) is 36.2 Å². The van der Waals surface area contributed by atoms with Crippen LogP contribution < -0.4 is 5.32 Å².